The maximum absolute atomic E-state index is 6.45. The van der Waals surface area contributed by atoms with E-state index in [4.69, 9.17) is 19.4 Å². The molecule has 0 bridgehead atoms. The molecule has 4 heterocycles. The molecule has 10 rings (SSSR count). The third kappa shape index (κ3) is 8.63. The van der Waals surface area contributed by atoms with Crippen molar-refractivity contribution in [2.45, 2.75) is 27.7 Å². The van der Waals surface area contributed by atoms with Crippen molar-refractivity contribution in [1.29, 1.82) is 0 Å². The summed E-state index contributed by atoms with van der Waals surface area (Å²) in [5.74, 6) is 2.57. The van der Waals surface area contributed by atoms with Gasteiger partial charge in [0.05, 0.1) is 0 Å². The molecule has 63 heavy (non-hydrogen) atoms. The minimum atomic E-state index is 0. The molecule has 0 spiro atoms. The standard InChI is InChI=1S/C54H37N5O2.Pd.Pt/c1-34-10-5-11-35(2)52(34)40-22-26-55-48(30-40)38-14-7-16-42(28-38)60-44-18-20-46-47-21-19-45(33-51(47)59(50(46)32-44)54-57-24-9-25-58-54)61-43-17-8-15-39(29-43)49-31-41(23-27-56-49)53-36(3)12-6-13-37(53)4;;/h5-27,30-31H,1-4H3;;/q-4;2*+2. The third-order valence-electron chi connectivity index (χ3n) is 10.9. The molecule has 0 atom stereocenters. The Morgan fingerprint density at radius 1 is 0.429 bits per heavy atom. The molecule has 0 aliphatic carbocycles. The molecule has 310 valence electrons. The molecule has 0 radical (unpaired) electrons. The van der Waals surface area contributed by atoms with Crippen molar-refractivity contribution < 1.29 is 51.0 Å². The van der Waals surface area contributed by atoms with Gasteiger partial charge >= 0.3 is 41.5 Å². The summed E-state index contributed by atoms with van der Waals surface area (Å²) in [4.78, 5) is 18.6. The van der Waals surface area contributed by atoms with Crippen LogP contribution in [0.4, 0.5) is 0 Å². The summed E-state index contributed by atoms with van der Waals surface area (Å²) in [5.41, 5.74) is 14.3. The Kier molecular flexibility index (Phi) is 12.6. The molecule has 9 heteroatoms. The van der Waals surface area contributed by atoms with Crippen LogP contribution in [0, 0.1) is 52.0 Å². The number of pyridine rings is 2. The van der Waals surface area contributed by atoms with Crippen molar-refractivity contribution in [2.24, 2.45) is 0 Å². The number of hydrogen-bond acceptors (Lipinski definition) is 6. The van der Waals surface area contributed by atoms with Gasteiger partial charge in [-0.1, -0.05) is 71.7 Å². The van der Waals surface area contributed by atoms with Crippen LogP contribution >= 0.6 is 0 Å². The summed E-state index contributed by atoms with van der Waals surface area (Å²) in [5, 5.41) is 1.87. The van der Waals surface area contributed by atoms with Crippen LogP contribution in [-0.2, 0) is 41.5 Å². The summed E-state index contributed by atoms with van der Waals surface area (Å²) in [6.45, 7) is 8.54. The maximum atomic E-state index is 6.45. The zero-order valence-electron chi connectivity index (χ0n) is 34.6. The predicted molar refractivity (Wildman–Crippen MR) is 241 cm³/mol. The van der Waals surface area contributed by atoms with Gasteiger partial charge in [0.2, 0.25) is 5.95 Å². The zero-order valence-corrected chi connectivity index (χ0v) is 38.4. The summed E-state index contributed by atoms with van der Waals surface area (Å²) in [6, 6.07) is 56.2. The van der Waals surface area contributed by atoms with Crippen LogP contribution in [0.3, 0.4) is 0 Å². The third-order valence-corrected chi connectivity index (χ3v) is 10.9. The second kappa shape index (κ2) is 18.4. The van der Waals surface area contributed by atoms with E-state index in [1.54, 1.807) is 18.5 Å². The van der Waals surface area contributed by atoms with Crippen LogP contribution < -0.4 is 9.47 Å². The first-order chi connectivity index (χ1) is 29.9. The summed E-state index contributed by atoms with van der Waals surface area (Å²) >= 11 is 0. The average molecular weight is 1090 g/mol. The zero-order chi connectivity index (χ0) is 41.5. The molecule has 4 aromatic heterocycles. The number of ether oxygens (including phenoxy) is 2. The van der Waals surface area contributed by atoms with Crippen molar-refractivity contribution in [3.05, 3.63) is 199 Å². The quantitative estimate of drug-likeness (QED) is 0.106. The fourth-order valence-electron chi connectivity index (χ4n) is 8.11. The first-order valence-corrected chi connectivity index (χ1v) is 20.0. The Bertz CT molecular complexity index is 3040. The Hall–Kier alpha value is -6.55. The Morgan fingerprint density at radius 2 is 0.841 bits per heavy atom. The van der Waals surface area contributed by atoms with Gasteiger partial charge < -0.3 is 24.0 Å². The van der Waals surface area contributed by atoms with Crippen LogP contribution in [0.5, 0.6) is 23.0 Å². The summed E-state index contributed by atoms with van der Waals surface area (Å²) in [7, 11) is 0. The van der Waals surface area contributed by atoms with E-state index in [0.717, 1.165) is 55.4 Å². The van der Waals surface area contributed by atoms with Crippen LogP contribution in [0.25, 0.3) is 72.5 Å². The van der Waals surface area contributed by atoms with E-state index < -0.39 is 0 Å². The molecular weight excluding hydrogens is 1050 g/mol. The minimum Gasteiger partial charge on any atom is -0.503 e. The Balaban J connectivity index is 0.00000272. The number of nitrogens with zero attached hydrogens (tertiary/aromatic N) is 5. The molecule has 0 saturated carbocycles. The predicted octanol–water partition coefficient (Wildman–Crippen LogP) is 13.0. The second-order valence-electron chi connectivity index (χ2n) is 15.0. The SMILES string of the molecule is Cc1cccc(C)c1-c1ccnc(-c2[c-]c(Oc3[c-]c4c(cc3)c3ccc(Oc5[c-]c(-c6cc(-c7c(C)cccc7C)ccn6)ccc5)[c-]c3n4-c3ncccn3)ccc2)c1.[Pd+2].[Pt+2]. The summed E-state index contributed by atoms with van der Waals surface area (Å²) < 4.78 is 14.8. The van der Waals surface area contributed by atoms with Crippen LogP contribution in [0.2, 0.25) is 0 Å². The van der Waals surface area contributed by atoms with E-state index in [0.29, 0.717) is 28.9 Å². The number of aromatic nitrogens is 5. The molecule has 10 aromatic rings. The molecule has 7 nitrogen and oxygen atoms in total. The van der Waals surface area contributed by atoms with Gasteiger partial charge in [0.15, 0.2) is 0 Å². The maximum Gasteiger partial charge on any atom is 2.00 e. The molecule has 0 aliphatic rings. The van der Waals surface area contributed by atoms with Gasteiger partial charge in [0, 0.05) is 47.8 Å². The van der Waals surface area contributed by atoms with E-state index in [2.05, 4.69) is 110 Å². The van der Waals surface area contributed by atoms with Gasteiger partial charge in [-0.3, -0.25) is 0 Å². The second-order valence-corrected chi connectivity index (χ2v) is 15.0. The van der Waals surface area contributed by atoms with Gasteiger partial charge in [-0.25, -0.2) is 9.97 Å². The number of hydrogen-bond donors (Lipinski definition) is 0. The minimum absolute atomic E-state index is 0. The molecule has 0 aliphatic heterocycles. The van der Waals surface area contributed by atoms with Crippen LogP contribution in [0.15, 0.2) is 152 Å². The Labute approximate surface area is 394 Å². The van der Waals surface area contributed by atoms with Gasteiger partial charge in [-0.05, 0) is 102 Å². The van der Waals surface area contributed by atoms with E-state index >= 15 is 0 Å². The van der Waals surface area contributed by atoms with Gasteiger partial charge in [-0.2, -0.15) is 22.9 Å². The molecule has 0 saturated heterocycles. The first-order valence-electron chi connectivity index (χ1n) is 20.0. The molecule has 0 unspecified atom stereocenters. The smallest absolute Gasteiger partial charge is 0.503 e. The van der Waals surface area contributed by atoms with Crippen molar-refractivity contribution in [3.63, 3.8) is 0 Å². The van der Waals surface area contributed by atoms with Crippen LogP contribution in [-0.4, -0.2) is 24.5 Å². The monoisotopic (exact) mass is 1090 g/mol. The fraction of sp³-hybridized carbons (Fsp3) is 0.0741. The number of benzene rings is 6. The largest absolute Gasteiger partial charge is 2.00 e. The number of aryl methyl sites for hydroxylation is 4. The van der Waals surface area contributed by atoms with Crippen molar-refractivity contribution >= 4 is 21.8 Å². The molecular formula is C54H37N5O2PdPt. The van der Waals surface area contributed by atoms with E-state index in [9.17, 15) is 0 Å². The topological polar surface area (TPSA) is 75.0 Å². The van der Waals surface area contributed by atoms with Crippen molar-refractivity contribution in [2.75, 3.05) is 0 Å². The van der Waals surface area contributed by atoms with Crippen LogP contribution in [0.1, 0.15) is 22.3 Å². The molecule has 6 aromatic carbocycles. The van der Waals surface area contributed by atoms with Gasteiger partial charge in [0.25, 0.3) is 0 Å². The molecule has 0 N–H and O–H groups in total. The number of fused-ring (bicyclic) bond motifs is 3. The fourth-order valence-corrected chi connectivity index (χ4v) is 8.11. The van der Waals surface area contributed by atoms with Crippen molar-refractivity contribution in [1.82, 2.24) is 24.5 Å². The van der Waals surface area contributed by atoms with Gasteiger partial charge in [-0.15, -0.1) is 71.8 Å². The average Bonchev–Trinajstić information content (AvgIpc) is 3.60. The first kappa shape index (κ1) is 43.1. The van der Waals surface area contributed by atoms with E-state index in [1.165, 1.54) is 33.4 Å². The molecule has 0 amide bonds. The van der Waals surface area contributed by atoms with E-state index in [1.807, 2.05) is 89.8 Å². The summed E-state index contributed by atoms with van der Waals surface area (Å²) in [6.07, 6.45) is 7.12. The molecule has 0 fully saturated rings. The Morgan fingerprint density at radius 3 is 1.29 bits per heavy atom. The van der Waals surface area contributed by atoms with Gasteiger partial charge in [0.1, 0.15) is 0 Å². The number of rotatable bonds is 9. The van der Waals surface area contributed by atoms with Crippen molar-refractivity contribution in [3.8, 4) is 73.7 Å². The normalized spacial score (nSPS) is 10.9. The van der Waals surface area contributed by atoms with E-state index in [-0.39, 0.29) is 41.5 Å².